The van der Waals surface area contributed by atoms with Gasteiger partial charge < -0.3 is 14.7 Å². The molecule has 0 saturated heterocycles. The predicted molar refractivity (Wildman–Crippen MR) is 424 cm³/mol. The molecule has 13 aromatic rings. The lowest BCUT2D eigenvalue weighted by Gasteiger charge is -2.45. The lowest BCUT2D eigenvalue weighted by atomic mass is 9.64. The molecule has 3 nitrogen and oxygen atoms in total. The van der Waals surface area contributed by atoms with Crippen LogP contribution in [-0.4, -0.2) is 16.1 Å². The molecule has 3 aliphatic heterocycles. The number of fused-ring (bicyclic) bond motifs is 13. The highest BCUT2D eigenvalue weighted by Gasteiger charge is 2.52. The van der Waals surface area contributed by atoms with E-state index in [-0.39, 0.29) is 21.7 Å². The van der Waals surface area contributed by atoms with E-state index in [1.54, 1.807) is 0 Å². The SMILES string of the molecule is CC(C)(C)c1ccc(N2c3ccccc3C3(c4ccccc4-c4ccccc43)c3ccccc32)cc1.CC(C)(C)c1ccc(N2c3ccccc3[Si](C)(C)c3ccccc32)cc1.CC(C)(C)c1ccc(N2c3ccccc3[Si](c3ccccc3)(c3ccccc3)c3ccccc32)cc1. The molecule has 0 saturated carbocycles. The third kappa shape index (κ3) is 10.5. The number of benzene rings is 13. The van der Waals surface area contributed by atoms with Gasteiger partial charge in [0.05, 0.1) is 16.8 Å². The number of hydrogen-bond acceptors (Lipinski definition) is 3. The fourth-order valence-electron chi connectivity index (χ4n) is 16.3. The summed E-state index contributed by atoms with van der Waals surface area (Å²) in [4.78, 5) is 7.36. The van der Waals surface area contributed by atoms with E-state index < -0.39 is 16.1 Å². The summed E-state index contributed by atoms with van der Waals surface area (Å²) in [5.74, 6) is 0. The summed E-state index contributed by atoms with van der Waals surface area (Å²) in [5, 5.41) is 8.72. The highest BCUT2D eigenvalue weighted by Crippen LogP contribution is 2.63. The molecule has 0 aromatic heterocycles. The monoisotopic (exact) mass is 1300 g/mol. The highest BCUT2D eigenvalue weighted by atomic mass is 28.3. The van der Waals surface area contributed by atoms with Gasteiger partial charge in [-0.1, -0.05) is 330 Å². The fraction of sp³-hybridized carbons (Fsp3) is 0.161. The fourth-order valence-corrected chi connectivity index (χ4v) is 24.4. The molecule has 3 heterocycles. The molecule has 5 heteroatoms. The van der Waals surface area contributed by atoms with Gasteiger partial charge in [-0.15, -0.1) is 0 Å². The van der Waals surface area contributed by atoms with Crippen LogP contribution in [0.25, 0.3) is 11.1 Å². The number of para-hydroxylation sites is 6. The lowest BCUT2D eigenvalue weighted by Crippen LogP contribution is -2.77. The van der Waals surface area contributed by atoms with Crippen LogP contribution in [0.1, 0.15) is 101 Å². The maximum absolute atomic E-state index is 2.53. The third-order valence-electron chi connectivity index (χ3n) is 21.2. The molecule has 0 atom stereocenters. The van der Waals surface area contributed by atoms with Crippen LogP contribution >= 0.6 is 0 Å². The molecule has 0 N–H and O–H groups in total. The largest absolute Gasteiger partial charge is 0.311 e. The van der Waals surface area contributed by atoms with Crippen LogP contribution in [0.15, 0.2) is 328 Å². The number of anilines is 9. The molecule has 1 spiro atoms. The standard InChI is InChI=1S/C35H29N.C34H31NSi.C24H27NSi/c1-34(2,3)24-20-22-25(23-21-24)36-32-18-10-8-16-30(32)35(31-17-9-11-19-33(31)36)28-14-6-4-12-26(28)27-13-5-7-15-29(27)35;1-34(2,3)26-22-24-27(25-23-26)35-30-18-10-12-20-32(30)36(28-14-6-4-7-15-28,29-16-8-5-9-17-29)33-21-13-11-19-31(33)35;1-24(2,3)18-14-16-19(17-15-18)25-20-10-6-8-12-22(20)26(4,5)23-13-9-7-11-21(23)25/h4-23H,1-3H3;4-25H,1-3H3;6-17H,1-5H3. The van der Waals surface area contributed by atoms with Gasteiger partial charge in [-0.05, 0) is 170 Å². The first-order chi connectivity index (χ1) is 47.3. The van der Waals surface area contributed by atoms with Crippen LogP contribution in [0.5, 0.6) is 0 Å². The average Bonchev–Trinajstić information content (AvgIpc) is 1.39. The van der Waals surface area contributed by atoms with E-state index in [0.29, 0.717) is 0 Å². The zero-order chi connectivity index (χ0) is 67.8. The van der Waals surface area contributed by atoms with Gasteiger partial charge in [0.15, 0.2) is 8.07 Å². The normalized spacial score (nSPS) is 14.7. The summed E-state index contributed by atoms with van der Waals surface area (Å²) in [6.07, 6.45) is 0. The van der Waals surface area contributed by atoms with Crippen LogP contribution < -0.4 is 45.8 Å². The van der Waals surface area contributed by atoms with Crippen molar-refractivity contribution < 1.29 is 0 Å². The van der Waals surface area contributed by atoms with Crippen molar-refractivity contribution in [2.45, 2.75) is 97.1 Å². The van der Waals surface area contributed by atoms with E-state index in [1.807, 2.05) is 0 Å². The predicted octanol–water partition coefficient (Wildman–Crippen LogP) is 20.9. The second-order valence-electron chi connectivity index (χ2n) is 30.4. The number of hydrogen-bond donors (Lipinski definition) is 0. The highest BCUT2D eigenvalue weighted by molar-refractivity contribution is 7.21. The molecule has 0 fully saturated rings. The summed E-state index contributed by atoms with van der Waals surface area (Å²) in [7, 11) is -4.22. The Kier molecular flexibility index (Phi) is 16.0. The summed E-state index contributed by atoms with van der Waals surface area (Å²) in [6.45, 7) is 25.3. The maximum atomic E-state index is 2.47. The molecule has 13 aromatic carbocycles. The van der Waals surface area contributed by atoms with Crippen LogP contribution in [0.4, 0.5) is 51.2 Å². The smallest absolute Gasteiger partial charge is 0.184 e. The average molecular weight is 1300 g/mol. The van der Waals surface area contributed by atoms with Crippen molar-refractivity contribution in [3.63, 3.8) is 0 Å². The molecule has 0 amide bonds. The summed E-state index contributed by atoms with van der Waals surface area (Å²) in [6, 6.07) is 122. The first kappa shape index (κ1) is 63.7. The molecule has 1 aliphatic carbocycles. The van der Waals surface area contributed by atoms with Crippen molar-refractivity contribution in [2.75, 3.05) is 14.7 Å². The van der Waals surface area contributed by atoms with E-state index in [9.17, 15) is 0 Å². The minimum Gasteiger partial charge on any atom is -0.311 e. The summed E-state index contributed by atoms with van der Waals surface area (Å²) >= 11 is 0. The van der Waals surface area contributed by atoms with Crippen LogP contribution in [0.3, 0.4) is 0 Å². The van der Waals surface area contributed by atoms with E-state index in [2.05, 4.69) is 418 Å². The van der Waals surface area contributed by atoms with E-state index >= 15 is 0 Å². The summed E-state index contributed by atoms with van der Waals surface area (Å²) in [5.41, 5.74) is 23.6. The molecular formula is C93H87N3Si2. The molecule has 98 heavy (non-hydrogen) atoms. The van der Waals surface area contributed by atoms with Crippen molar-refractivity contribution >= 4 is 98.5 Å². The number of nitrogens with zero attached hydrogens (tertiary/aromatic N) is 3. The molecule has 17 rings (SSSR count). The third-order valence-corrected chi connectivity index (χ3v) is 29.6. The molecule has 0 radical (unpaired) electrons. The van der Waals surface area contributed by atoms with E-state index in [0.717, 1.165) is 0 Å². The molecule has 0 unspecified atom stereocenters. The van der Waals surface area contributed by atoms with Crippen molar-refractivity contribution in [3.05, 3.63) is 367 Å². The molecular weight excluding hydrogens is 1220 g/mol. The quantitative estimate of drug-likeness (QED) is 0.159. The Morgan fingerprint density at radius 2 is 0.480 bits per heavy atom. The Morgan fingerprint density at radius 1 is 0.235 bits per heavy atom. The lowest BCUT2D eigenvalue weighted by molar-refractivity contribution is 0.590. The zero-order valence-electron chi connectivity index (χ0n) is 58.5. The molecule has 0 bridgehead atoms. The summed E-state index contributed by atoms with van der Waals surface area (Å²) < 4.78 is 0. The first-order valence-corrected chi connectivity index (χ1v) is 39.9. The van der Waals surface area contributed by atoms with Gasteiger partial charge in [0.25, 0.3) is 0 Å². The van der Waals surface area contributed by atoms with Gasteiger partial charge in [-0.3, -0.25) is 0 Å². The maximum Gasteiger partial charge on any atom is 0.184 e. The van der Waals surface area contributed by atoms with Crippen LogP contribution in [0, 0.1) is 0 Å². The topological polar surface area (TPSA) is 9.72 Å². The minimum atomic E-state index is -2.53. The van der Waals surface area contributed by atoms with E-state index in [1.165, 1.54) is 132 Å². The van der Waals surface area contributed by atoms with E-state index in [4.69, 9.17) is 0 Å². The van der Waals surface area contributed by atoms with Gasteiger partial charge in [0, 0.05) is 39.8 Å². The minimum absolute atomic E-state index is 0.123. The van der Waals surface area contributed by atoms with Gasteiger partial charge in [0.2, 0.25) is 0 Å². The Hall–Kier alpha value is -10.3. The van der Waals surface area contributed by atoms with Crippen LogP contribution in [-0.2, 0) is 21.7 Å². The van der Waals surface area contributed by atoms with Crippen molar-refractivity contribution in [3.8, 4) is 11.1 Å². The second kappa shape index (κ2) is 24.7. The van der Waals surface area contributed by atoms with Gasteiger partial charge >= 0.3 is 0 Å². The Balaban J connectivity index is 0.000000122. The van der Waals surface area contributed by atoms with Crippen LogP contribution in [0.2, 0.25) is 13.1 Å². The Bertz CT molecular complexity index is 4690. The van der Waals surface area contributed by atoms with Crippen molar-refractivity contribution in [1.29, 1.82) is 0 Å². The van der Waals surface area contributed by atoms with Crippen molar-refractivity contribution in [1.82, 2.24) is 0 Å². The molecule has 4 aliphatic rings. The van der Waals surface area contributed by atoms with Gasteiger partial charge in [-0.25, -0.2) is 0 Å². The number of rotatable bonds is 5. The second-order valence-corrected chi connectivity index (χ2v) is 38.5. The Morgan fingerprint density at radius 3 is 0.806 bits per heavy atom. The van der Waals surface area contributed by atoms with Gasteiger partial charge in [0.1, 0.15) is 8.07 Å². The molecule has 482 valence electrons. The van der Waals surface area contributed by atoms with Gasteiger partial charge in [-0.2, -0.15) is 0 Å². The zero-order valence-corrected chi connectivity index (χ0v) is 60.5. The first-order valence-electron chi connectivity index (χ1n) is 34.9. The Labute approximate surface area is 584 Å². The van der Waals surface area contributed by atoms with Crippen molar-refractivity contribution in [2.24, 2.45) is 0 Å².